The summed E-state index contributed by atoms with van der Waals surface area (Å²) in [6, 6.07) is 16.7. The van der Waals surface area contributed by atoms with Crippen LogP contribution >= 0.6 is 7.60 Å². The van der Waals surface area contributed by atoms with E-state index < -0.39 is 22.7 Å². The Labute approximate surface area is 152 Å². The van der Waals surface area contributed by atoms with Gasteiger partial charge in [0.15, 0.2) is 4.99 Å². The quantitative estimate of drug-likeness (QED) is 0.334. The van der Waals surface area contributed by atoms with Crippen LogP contribution in [0.2, 0.25) is 0 Å². The van der Waals surface area contributed by atoms with E-state index in [2.05, 4.69) is 0 Å². The highest BCUT2D eigenvalue weighted by atomic mass is 32.2. The highest BCUT2D eigenvalue weighted by Gasteiger charge is 2.38. The first-order valence-electron chi connectivity index (χ1n) is 7.99. The maximum atomic E-state index is 11.2. The third-order valence-electron chi connectivity index (χ3n) is 3.79. The number of unbranched alkanes of at least 4 members (excludes halogenated alkanes) is 1. The fraction of sp³-hybridized carbons (Fsp3) is 0.294. The van der Waals surface area contributed by atoms with Gasteiger partial charge in [0, 0.05) is 0 Å². The molecule has 0 aliphatic carbocycles. The maximum absolute atomic E-state index is 11.2. The normalized spacial score (nSPS) is 13.3. The molecule has 0 saturated carbocycles. The van der Waals surface area contributed by atoms with Crippen molar-refractivity contribution < 1.29 is 32.1 Å². The molecule has 0 bridgehead atoms. The molecule has 0 aliphatic heterocycles. The zero-order valence-electron chi connectivity index (χ0n) is 13.9. The van der Waals surface area contributed by atoms with Gasteiger partial charge in [-0.2, -0.15) is 8.42 Å². The molecule has 0 fully saturated rings. The Balaban J connectivity index is 1.84. The number of benzene rings is 2. The van der Waals surface area contributed by atoms with Gasteiger partial charge < -0.3 is 14.5 Å². The first kappa shape index (κ1) is 20.6. The third-order valence-corrected chi connectivity index (χ3v) is 7.34. The molecule has 2 aromatic rings. The molecule has 1 unspecified atom stereocenters. The monoisotopic (exact) mass is 400 g/mol. The molecule has 9 heteroatoms. The first-order chi connectivity index (χ1) is 12.2. The van der Waals surface area contributed by atoms with Gasteiger partial charge in [-0.3, -0.25) is 9.12 Å². The molecule has 0 amide bonds. The minimum absolute atomic E-state index is 0.262. The molecule has 0 aromatic heterocycles. The summed E-state index contributed by atoms with van der Waals surface area (Å²) >= 11 is 0. The Hall–Kier alpha value is -1.70. The Morgan fingerprint density at radius 2 is 1.50 bits per heavy atom. The van der Waals surface area contributed by atoms with Gasteiger partial charge in [-0.1, -0.05) is 36.8 Å². The second-order valence-corrected chi connectivity index (χ2v) is 9.61. The summed E-state index contributed by atoms with van der Waals surface area (Å²) in [6.45, 7) is 0. The molecule has 7 nitrogen and oxygen atoms in total. The van der Waals surface area contributed by atoms with Crippen molar-refractivity contribution in [3.8, 4) is 11.5 Å². The van der Waals surface area contributed by atoms with Crippen LogP contribution in [0.3, 0.4) is 0 Å². The fourth-order valence-corrected chi connectivity index (χ4v) is 4.86. The van der Waals surface area contributed by atoms with Crippen LogP contribution in [0.1, 0.15) is 24.8 Å². The lowest BCUT2D eigenvalue weighted by atomic mass is 10.1. The molecule has 0 spiro atoms. The molecule has 3 N–H and O–H groups in total. The van der Waals surface area contributed by atoms with Gasteiger partial charge in [0.2, 0.25) is 0 Å². The second kappa shape index (κ2) is 8.79. The summed E-state index contributed by atoms with van der Waals surface area (Å²) in [5.74, 6) is 1.42. The average Bonchev–Trinajstić information content (AvgIpc) is 2.54. The molecular formula is C17H21O7PS. The molecule has 0 aliphatic rings. The standard InChI is InChI=1S/C17H21O7PS/c18-25(19,20)17(26(21,22)23)9-5-4-6-14-10-12-16(13-11-14)24-15-7-2-1-3-8-15/h1-3,7-8,10-13,17H,4-6,9H2,(H2,18,19,20)(H,21,22,23). The smallest absolute Gasteiger partial charge is 0.346 e. The fourth-order valence-electron chi connectivity index (χ4n) is 2.49. The Bertz CT molecular complexity index is 844. The minimum Gasteiger partial charge on any atom is -0.457 e. The van der Waals surface area contributed by atoms with Crippen LogP contribution in [0.4, 0.5) is 0 Å². The molecule has 0 saturated heterocycles. The zero-order chi connectivity index (χ0) is 19.2. The van der Waals surface area contributed by atoms with Crippen LogP contribution in [0.5, 0.6) is 11.5 Å². The van der Waals surface area contributed by atoms with Crippen LogP contribution < -0.4 is 4.74 Å². The summed E-state index contributed by atoms with van der Waals surface area (Å²) in [5, 5.41) is 0. The predicted octanol–water partition coefficient (Wildman–Crippen LogP) is 3.58. The van der Waals surface area contributed by atoms with E-state index in [1.165, 1.54) is 0 Å². The van der Waals surface area contributed by atoms with E-state index in [0.717, 1.165) is 11.3 Å². The summed E-state index contributed by atoms with van der Waals surface area (Å²) in [4.78, 5) is 16.0. The Morgan fingerprint density at radius 1 is 0.923 bits per heavy atom. The van der Waals surface area contributed by atoms with Crippen molar-refractivity contribution in [3.63, 3.8) is 0 Å². The van der Waals surface area contributed by atoms with Gasteiger partial charge in [-0.25, -0.2) is 0 Å². The highest BCUT2D eigenvalue weighted by molar-refractivity contribution is 7.93. The Morgan fingerprint density at radius 3 is 2.04 bits per heavy atom. The van der Waals surface area contributed by atoms with E-state index in [1.807, 2.05) is 54.6 Å². The van der Waals surface area contributed by atoms with Crippen molar-refractivity contribution in [2.45, 2.75) is 30.7 Å². The van der Waals surface area contributed by atoms with E-state index in [0.29, 0.717) is 18.6 Å². The molecule has 1 atom stereocenters. The SMILES string of the molecule is O=P(O)(O)C(CCCCc1ccc(Oc2ccccc2)cc1)S(=O)(=O)O. The van der Waals surface area contributed by atoms with Crippen molar-refractivity contribution in [2.75, 3.05) is 0 Å². The summed E-state index contributed by atoms with van der Waals surface area (Å²) in [7, 11) is -9.69. The van der Waals surface area contributed by atoms with Crippen LogP contribution in [0, 0.1) is 0 Å². The van der Waals surface area contributed by atoms with Gasteiger partial charge in [0.05, 0.1) is 0 Å². The molecule has 2 aromatic carbocycles. The van der Waals surface area contributed by atoms with Crippen molar-refractivity contribution in [2.24, 2.45) is 0 Å². The molecule has 26 heavy (non-hydrogen) atoms. The molecule has 0 radical (unpaired) electrons. The van der Waals surface area contributed by atoms with Crippen molar-refractivity contribution >= 4 is 17.7 Å². The van der Waals surface area contributed by atoms with E-state index >= 15 is 0 Å². The number of ether oxygens (including phenoxy) is 1. The number of hydrogen-bond donors (Lipinski definition) is 3. The summed E-state index contributed by atoms with van der Waals surface area (Å²) < 4.78 is 48.0. The zero-order valence-corrected chi connectivity index (χ0v) is 15.6. The van der Waals surface area contributed by atoms with Crippen molar-refractivity contribution in [1.82, 2.24) is 0 Å². The van der Waals surface area contributed by atoms with Gasteiger partial charge in [-0.15, -0.1) is 0 Å². The summed E-state index contributed by atoms with van der Waals surface area (Å²) in [6.07, 6.45) is 1.12. The van der Waals surface area contributed by atoms with E-state index in [-0.39, 0.29) is 12.8 Å². The van der Waals surface area contributed by atoms with Crippen LogP contribution in [-0.4, -0.2) is 27.7 Å². The predicted molar refractivity (Wildman–Crippen MR) is 97.9 cm³/mol. The van der Waals surface area contributed by atoms with Crippen molar-refractivity contribution in [1.29, 1.82) is 0 Å². The maximum Gasteiger partial charge on any atom is 0.346 e. The van der Waals surface area contributed by atoms with E-state index in [4.69, 9.17) is 19.1 Å². The van der Waals surface area contributed by atoms with E-state index in [9.17, 15) is 13.0 Å². The second-order valence-electron chi connectivity index (χ2n) is 5.86. The number of aryl methyl sites for hydroxylation is 1. The number of hydrogen-bond acceptors (Lipinski definition) is 4. The molecule has 0 heterocycles. The molecule has 142 valence electrons. The average molecular weight is 400 g/mol. The lowest BCUT2D eigenvalue weighted by Crippen LogP contribution is -2.20. The lowest BCUT2D eigenvalue weighted by molar-refractivity contribution is 0.360. The van der Waals surface area contributed by atoms with Crippen LogP contribution in [-0.2, 0) is 21.1 Å². The van der Waals surface area contributed by atoms with Gasteiger partial charge in [0.25, 0.3) is 10.1 Å². The first-order valence-corrected chi connectivity index (χ1v) is 11.2. The highest BCUT2D eigenvalue weighted by Crippen LogP contribution is 2.46. The largest absolute Gasteiger partial charge is 0.457 e. The number of rotatable bonds is 9. The van der Waals surface area contributed by atoms with Crippen LogP contribution in [0.15, 0.2) is 54.6 Å². The topological polar surface area (TPSA) is 121 Å². The van der Waals surface area contributed by atoms with Crippen molar-refractivity contribution in [3.05, 3.63) is 60.2 Å². The third kappa shape index (κ3) is 6.55. The van der Waals surface area contributed by atoms with E-state index in [1.54, 1.807) is 0 Å². The molecule has 2 rings (SSSR count). The summed E-state index contributed by atoms with van der Waals surface area (Å²) in [5.41, 5.74) is 0.991. The van der Waals surface area contributed by atoms with Gasteiger partial charge in [-0.05, 0) is 49.1 Å². The minimum atomic E-state index is -4.90. The van der Waals surface area contributed by atoms with Gasteiger partial charge >= 0.3 is 7.60 Å². The lowest BCUT2D eigenvalue weighted by Gasteiger charge is -2.15. The molecular weight excluding hydrogens is 379 g/mol. The Kier molecular flexibility index (Phi) is 6.97. The van der Waals surface area contributed by atoms with Crippen LogP contribution in [0.25, 0.3) is 0 Å². The number of para-hydroxylation sites is 1. The van der Waals surface area contributed by atoms with Gasteiger partial charge in [0.1, 0.15) is 11.5 Å².